The predicted octanol–water partition coefficient (Wildman–Crippen LogP) is 2.50. The lowest BCUT2D eigenvalue weighted by Crippen LogP contribution is -2.55. The van der Waals surface area contributed by atoms with Crippen LogP contribution >= 0.6 is 0 Å². The van der Waals surface area contributed by atoms with Gasteiger partial charge in [-0.2, -0.15) is 0 Å². The van der Waals surface area contributed by atoms with Crippen LogP contribution in [0.2, 0.25) is 0 Å². The first kappa shape index (κ1) is 14.8. The lowest BCUT2D eigenvalue weighted by molar-refractivity contribution is -0.154. The van der Waals surface area contributed by atoms with E-state index in [1.54, 1.807) is 34.6 Å². The molecule has 5 heteroatoms. The number of carboxylic acids is 1. The van der Waals surface area contributed by atoms with Crippen molar-refractivity contribution in [2.24, 2.45) is 5.41 Å². The number of piperidine rings is 1. The first-order valence-electron chi connectivity index (χ1n) is 6.31. The first-order valence-corrected chi connectivity index (χ1v) is 6.31. The maximum Gasteiger partial charge on any atom is 0.410 e. The molecule has 0 aromatic carbocycles. The summed E-state index contributed by atoms with van der Waals surface area (Å²) in [5.41, 5.74) is -1.46. The highest BCUT2D eigenvalue weighted by Crippen LogP contribution is 2.36. The van der Waals surface area contributed by atoms with Crippen molar-refractivity contribution >= 4 is 12.1 Å². The molecule has 1 heterocycles. The highest BCUT2D eigenvalue weighted by Gasteiger charge is 2.46. The third-order valence-corrected chi connectivity index (χ3v) is 3.60. The summed E-state index contributed by atoms with van der Waals surface area (Å²) in [7, 11) is 0. The zero-order valence-electron chi connectivity index (χ0n) is 11.8. The topological polar surface area (TPSA) is 66.8 Å². The van der Waals surface area contributed by atoms with Gasteiger partial charge in [0, 0.05) is 12.6 Å². The second-order valence-electron chi connectivity index (χ2n) is 6.18. The Kier molecular flexibility index (Phi) is 3.93. The van der Waals surface area contributed by atoms with E-state index in [-0.39, 0.29) is 6.04 Å². The lowest BCUT2D eigenvalue weighted by Gasteiger charge is -2.44. The molecule has 5 nitrogen and oxygen atoms in total. The molecule has 0 spiro atoms. The number of rotatable bonds is 1. The largest absolute Gasteiger partial charge is 0.481 e. The second kappa shape index (κ2) is 4.78. The predicted molar refractivity (Wildman–Crippen MR) is 67.4 cm³/mol. The number of hydrogen-bond donors (Lipinski definition) is 1. The molecule has 1 rings (SSSR count). The van der Waals surface area contributed by atoms with E-state index in [1.807, 2.05) is 0 Å². The Morgan fingerprint density at radius 2 is 1.94 bits per heavy atom. The van der Waals surface area contributed by atoms with E-state index in [2.05, 4.69) is 0 Å². The summed E-state index contributed by atoms with van der Waals surface area (Å²) < 4.78 is 5.31. The SMILES string of the molecule is C[C@@H]1N(C(=O)OC(C)(C)C)CCCC1(C)C(=O)O. The highest BCUT2D eigenvalue weighted by atomic mass is 16.6. The highest BCUT2D eigenvalue weighted by molar-refractivity contribution is 5.77. The third-order valence-electron chi connectivity index (χ3n) is 3.60. The van der Waals surface area contributed by atoms with Crippen molar-refractivity contribution < 1.29 is 19.4 Å². The summed E-state index contributed by atoms with van der Waals surface area (Å²) >= 11 is 0. The molecule has 18 heavy (non-hydrogen) atoms. The van der Waals surface area contributed by atoms with Gasteiger partial charge in [-0.1, -0.05) is 0 Å². The van der Waals surface area contributed by atoms with Gasteiger partial charge in [0.2, 0.25) is 0 Å². The molecule has 1 unspecified atom stereocenters. The number of likely N-dealkylation sites (tertiary alicyclic amines) is 1. The number of carboxylic acid groups (broad SMARTS) is 1. The molecule has 1 N–H and O–H groups in total. The molecule has 0 bridgehead atoms. The number of carbonyl (C=O) groups is 2. The van der Waals surface area contributed by atoms with Crippen LogP contribution in [-0.2, 0) is 9.53 Å². The molecule has 1 fully saturated rings. The molecule has 2 atom stereocenters. The van der Waals surface area contributed by atoms with Gasteiger partial charge < -0.3 is 14.7 Å². The van der Waals surface area contributed by atoms with Crippen LogP contribution in [0.5, 0.6) is 0 Å². The smallest absolute Gasteiger partial charge is 0.410 e. The normalized spacial score (nSPS) is 28.9. The Labute approximate surface area is 108 Å². The third kappa shape index (κ3) is 2.94. The Morgan fingerprint density at radius 1 is 1.39 bits per heavy atom. The van der Waals surface area contributed by atoms with Crippen LogP contribution < -0.4 is 0 Å². The molecule has 1 aliphatic rings. The maximum absolute atomic E-state index is 12.0. The van der Waals surface area contributed by atoms with Crippen molar-refractivity contribution in [2.45, 2.75) is 59.1 Å². The molecule has 0 radical (unpaired) electrons. The number of carbonyl (C=O) groups excluding carboxylic acids is 1. The van der Waals surface area contributed by atoms with Crippen LogP contribution in [0, 0.1) is 5.41 Å². The summed E-state index contributed by atoms with van der Waals surface area (Å²) in [6.07, 6.45) is 0.844. The van der Waals surface area contributed by atoms with Crippen LogP contribution in [0.1, 0.15) is 47.5 Å². The summed E-state index contributed by atoms with van der Waals surface area (Å²) in [5.74, 6) is -0.858. The fourth-order valence-electron chi connectivity index (χ4n) is 2.22. The van der Waals surface area contributed by atoms with E-state index >= 15 is 0 Å². The minimum atomic E-state index is -0.894. The zero-order chi connectivity index (χ0) is 14.1. The van der Waals surface area contributed by atoms with Crippen molar-refractivity contribution in [3.8, 4) is 0 Å². The molecule has 104 valence electrons. The van der Waals surface area contributed by atoms with Gasteiger partial charge in [0.05, 0.1) is 5.41 Å². The van der Waals surface area contributed by atoms with Crippen LogP contribution in [-0.4, -0.2) is 40.3 Å². The van der Waals surface area contributed by atoms with Crippen LogP contribution in [0.4, 0.5) is 4.79 Å². The summed E-state index contributed by atoms with van der Waals surface area (Å²) in [4.78, 5) is 24.9. The summed E-state index contributed by atoms with van der Waals surface area (Å²) in [6.45, 7) is 9.42. The zero-order valence-corrected chi connectivity index (χ0v) is 11.8. The van der Waals surface area contributed by atoms with Gasteiger partial charge >= 0.3 is 12.1 Å². The van der Waals surface area contributed by atoms with Crippen molar-refractivity contribution in [1.82, 2.24) is 4.90 Å². The van der Waals surface area contributed by atoms with E-state index in [0.717, 1.165) is 0 Å². The monoisotopic (exact) mass is 257 g/mol. The summed E-state index contributed by atoms with van der Waals surface area (Å²) in [6, 6.07) is -0.362. The van der Waals surface area contributed by atoms with Crippen molar-refractivity contribution in [3.63, 3.8) is 0 Å². The van der Waals surface area contributed by atoms with Gasteiger partial charge in [0.1, 0.15) is 5.60 Å². The van der Waals surface area contributed by atoms with E-state index in [0.29, 0.717) is 19.4 Å². The molecular formula is C13H23NO4. The Balaban J connectivity index is 2.84. The van der Waals surface area contributed by atoms with Gasteiger partial charge in [-0.25, -0.2) is 4.79 Å². The second-order valence-corrected chi connectivity index (χ2v) is 6.18. The molecular weight excluding hydrogens is 234 g/mol. The average molecular weight is 257 g/mol. The first-order chi connectivity index (χ1) is 8.08. The van der Waals surface area contributed by atoms with Crippen molar-refractivity contribution in [1.29, 1.82) is 0 Å². The van der Waals surface area contributed by atoms with E-state index in [4.69, 9.17) is 4.74 Å². The Bertz CT molecular complexity index is 347. The lowest BCUT2D eigenvalue weighted by atomic mass is 9.75. The fourth-order valence-corrected chi connectivity index (χ4v) is 2.22. The number of aliphatic carboxylic acids is 1. The van der Waals surface area contributed by atoms with E-state index in [9.17, 15) is 14.7 Å². The van der Waals surface area contributed by atoms with Gasteiger partial charge in [0.25, 0.3) is 0 Å². The Hall–Kier alpha value is -1.26. The van der Waals surface area contributed by atoms with Crippen LogP contribution in [0.15, 0.2) is 0 Å². The van der Waals surface area contributed by atoms with Crippen LogP contribution in [0.3, 0.4) is 0 Å². The number of amides is 1. The van der Waals surface area contributed by atoms with Gasteiger partial charge in [-0.3, -0.25) is 4.79 Å². The number of ether oxygens (including phenoxy) is 1. The van der Waals surface area contributed by atoms with Gasteiger partial charge in [-0.05, 0) is 47.5 Å². The molecule has 0 aliphatic carbocycles. The molecule has 0 aromatic rings. The molecule has 0 aromatic heterocycles. The fraction of sp³-hybridized carbons (Fsp3) is 0.846. The van der Waals surface area contributed by atoms with Crippen molar-refractivity contribution in [2.75, 3.05) is 6.54 Å². The van der Waals surface area contributed by atoms with Gasteiger partial charge in [-0.15, -0.1) is 0 Å². The maximum atomic E-state index is 12.0. The van der Waals surface area contributed by atoms with Crippen LogP contribution in [0.25, 0.3) is 0 Å². The number of hydrogen-bond acceptors (Lipinski definition) is 3. The van der Waals surface area contributed by atoms with Crippen molar-refractivity contribution in [3.05, 3.63) is 0 Å². The van der Waals surface area contributed by atoms with E-state index in [1.165, 1.54) is 4.90 Å². The average Bonchev–Trinajstić information content (AvgIpc) is 2.19. The molecule has 0 saturated carbocycles. The molecule has 1 amide bonds. The quantitative estimate of drug-likeness (QED) is 0.783. The minimum Gasteiger partial charge on any atom is -0.481 e. The number of nitrogens with zero attached hydrogens (tertiary/aromatic N) is 1. The standard InChI is InChI=1S/C13H23NO4/c1-9-13(5,10(15)16)7-6-8-14(9)11(17)18-12(2,3)4/h9H,6-8H2,1-5H3,(H,15,16)/t9-,13?/m0/s1. The molecule has 1 saturated heterocycles. The van der Waals surface area contributed by atoms with Gasteiger partial charge in [0.15, 0.2) is 0 Å². The van der Waals surface area contributed by atoms with E-state index < -0.39 is 23.1 Å². The summed E-state index contributed by atoms with van der Waals surface area (Å²) in [5, 5.41) is 9.32. The Morgan fingerprint density at radius 3 is 2.39 bits per heavy atom. The minimum absolute atomic E-state index is 0.362. The molecule has 1 aliphatic heterocycles.